The van der Waals surface area contributed by atoms with Crippen molar-refractivity contribution in [2.24, 2.45) is 5.41 Å². The lowest BCUT2D eigenvalue weighted by Gasteiger charge is -2.39. The van der Waals surface area contributed by atoms with Crippen LogP contribution in [0.4, 0.5) is 0 Å². The van der Waals surface area contributed by atoms with Gasteiger partial charge in [-0.15, -0.1) is 0 Å². The van der Waals surface area contributed by atoms with Crippen molar-refractivity contribution < 1.29 is 24.5 Å². The van der Waals surface area contributed by atoms with Crippen LogP contribution in [-0.2, 0) is 11.2 Å². The monoisotopic (exact) mass is 476 g/mol. The Bertz CT molecular complexity index is 1120. The number of aromatic carboxylic acids is 1. The van der Waals surface area contributed by atoms with Gasteiger partial charge in [-0.1, -0.05) is 20.8 Å². The van der Waals surface area contributed by atoms with Crippen molar-refractivity contribution in [1.82, 2.24) is 9.55 Å². The fourth-order valence-corrected chi connectivity index (χ4v) is 4.34. The smallest absolute Gasteiger partial charge is 0.341 e. The number of carbonyl (C=O) groups is 1. The van der Waals surface area contributed by atoms with Crippen LogP contribution in [0, 0.1) is 5.41 Å². The molecule has 0 spiro atoms. The van der Waals surface area contributed by atoms with Gasteiger partial charge in [-0.3, -0.25) is 4.79 Å². The summed E-state index contributed by atoms with van der Waals surface area (Å²) in [6.45, 7) is 7.28. The maximum Gasteiger partial charge on any atom is 0.341 e. The van der Waals surface area contributed by atoms with Gasteiger partial charge in [0.15, 0.2) is 5.75 Å². The number of carboxylic acids is 1. The number of nitrogens with zero attached hydrogens (tertiary/aromatic N) is 2. The fourth-order valence-electron chi connectivity index (χ4n) is 4.34. The summed E-state index contributed by atoms with van der Waals surface area (Å²) >= 11 is 0. The first-order valence-electron chi connectivity index (χ1n) is 11.0. The van der Waals surface area contributed by atoms with Gasteiger partial charge in [0.1, 0.15) is 17.0 Å². The zero-order chi connectivity index (χ0) is 23.2. The summed E-state index contributed by atoms with van der Waals surface area (Å²) in [5, 5.41) is 20.3. The van der Waals surface area contributed by atoms with Gasteiger partial charge >= 0.3 is 5.97 Å². The first-order valence-corrected chi connectivity index (χ1v) is 11.0. The second-order valence-electron chi connectivity index (χ2n) is 9.72. The first-order chi connectivity index (χ1) is 15.1. The third kappa shape index (κ3) is 4.75. The summed E-state index contributed by atoms with van der Waals surface area (Å²) in [6, 6.07) is 1.81. The van der Waals surface area contributed by atoms with E-state index in [0.717, 1.165) is 36.3 Å². The minimum atomic E-state index is -1.36. The molecule has 4 rings (SSSR count). The van der Waals surface area contributed by atoms with Crippen molar-refractivity contribution in [1.29, 1.82) is 0 Å². The van der Waals surface area contributed by atoms with E-state index in [1.807, 2.05) is 6.07 Å². The molecule has 1 atom stereocenters. The second kappa shape index (κ2) is 9.38. The number of ether oxygens (including phenoxy) is 2. The molecule has 33 heavy (non-hydrogen) atoms. The van der Waals surface area contributed by atoms with Gasteiger partial charge in [0.05, 0.1) is 18.0 Å². The molecule has 0 bridgehead atoms. The quantitative estimate of drug-likeness (QED) is 0.584. The van der Waals surface area contributed by atoms with Gasteiger partial charge in [0.25, 0.3) is 0 Å². The van der Waals surface area contributed by atoms with Crippen LogP contribution in [0.15, 0.2) is 17.1 Å². The van der Waals surface area contributed by atoms with Gasteiger partial charge in [-0.25, -0.2) is 9.78 Å². The van der Waals surface area contributed by atoms with Crippen LogP contribution in [0.3, 0.4) is 0 Å². The van der Waals surface area contributed by atoms with Crippen LogP contribution in [0.5, 0.6) is 11.5 Å². The molecule has 2 N–H and O–H groups in total. The number of rotatable bonds is 7. The van der Waals surface area contributed by atoms with Crippen LogP contribution in [0.2, 0.25) is 0 Å². The molecule has 0 unspecified atom stereocenters. The summed E-state index contributed by atoms with van der Waals surface area (Å²) in [5.41, 5.74) is 0.934. The van der Waals surface area contributed by atoms with Crippen LogP contribution >= 0.6 is 13.5 Å². The number of hydrogen-bond acceptors (Lipinski definition) is 6. The molecule has 0 aromatic carbocycles. The molecule has 2 aliphatic rings. The van der Waals surface area contributed by atoms with Crippen molar-refractivity contribution in [2.45, 2.75) is 58.4 Å². The minimum absolute atomic E-state index is 0. The van der Waals surface area contributed by atoms with Gasteiger partial charge < -0.3 is 24.3 Å². The molecule has 1 aliphatic carbocycles. The van der Waals surface area contributed by atoms with Gasteiger partial charge in [-0.2, -0.15) is 13.5 Å². The Morgan fingerprint density at radius 1 is 1.27 bits per heavy atom. The summed E-state index contributed by atoms with van der Waals surface area (Å²) in [4.78, 5) is 29.2. The average molecular weight is 477 g/mol. The van der Waals surface area contributed by atoms with E-state index >= 15 is 0 Å². The molecule has 3 heterocycles. The molecular weight excluding hydrogens is 444 g/mol. The van der Waals surface area contributed by atoms with E-state index in [9.17, 15) is 19.8 Å². The highest BCUT2D eigenvalue weighted by Crippen LogP contribution is 2.49. The number of fused-ring (bicyclic) bond motifs is 3. The summed E-state index contributed by atoms with van der Waals surface area (Å²) in [5.74, 6) is -0.889. The summed E-state index contributed by atoms with van der Waals surface area (Å²) in [6.07, 6.45) is 4.73. The zero-order valence-electron chi connectivity index (χ0n) is 19.5. The van der Waals surface area contributed by atoms with Crippen LogP contribution in [0.1, 0.15) is 73.6 Å². The lowest BCUT2D eigenvalue weighted by molar-refractivity contribution is 0.0693. The van der Waals surface area contributed by atoms with E-state index in [2.05, 4.69) is 20.8 Å². The van der Waals surface area contributed by atoms with Crippen molar-refractivity contribution in [3.05, 3.63) is 39.3 Å². The standard InChI is InChI=1S/C24H30N2O6.H2S/c1-24(2,3)17-11-14-10-16(32-9-5-8-31-4)18(13-6-7-13)25-19(14)20-22(28)21(27)15(23(29)30)12-26(17)20;/h10,12-13,17,28H,5-9,11H2,1-4H3,(H,29,30);1H2/t17-;/m0./s1. The molecule has 0 amide bonds. The number of carboxylic acid groups (broad SMARTS) is 1. The van der Waals surface area contributed by atoms with E-state index in [0.29, 0.717) is 31.2 Å². The molecule has 180 valence electrons. The lowest BCUT2D eigenvalue weighted by atomic mass is 9.79. The minimum Gasteiger partial charge on any atom is -0.503 e. The number of pyridine rings is 2. The van der Waals surface area contributed by atoms with E-state index in [-0.39, 0.29) is 30.6 Å². The summed E-state index contributed by atoms with van der Waals surface area (Å²) < 4.78 is 12.9. The van der Waals surface area contributed by atoms with E-state index in [1.54, 1.807) is 11.7 Å². The molecule has 1 fully saturated rings. The average Bonchev–Trinajstić information content (AvgIpc) is 3.56. The third-order valence-corrected chi connectivity index (χ3v) is 6.22. The molecule has 9 heteroatoms. The predicted octanol–water partition coefficient (Wildman–Crippen LogP) is 3.86. The van der Waals surface area contributed by atoms with E-state index < -0.39 is 22.7 Å². The van der Waals surface area contributed by atoms with Gasteiger partial charge in [0.2, 0.25) is 5.43 Å². The van der Waals surface area contributed by atoms with E-state index in [4.69, 9.17) is 14.5 Å². The molecule has 2 aromatic heterocycles. The maximum atomic E-state index is 12.6. The number of methoxy groups -OCH3 is 1. The SMILES string of the molecule is COCCCOc1cc2c(nc1C1CC1)-c1c(O)c(=O)c(C(=O)O)cn1[C@H](C(C)(C)C)C2.S. The normalized spacial score (nSPS) is 17.0. The molecule has 0 radical (unpaired) electrons. The highest BCUT2D eigenvalue weighted by molar-refractivity contribution is 7.59. The molecule has 2 aromatic rings. The highest BCUT2D eigenvalue weighted by atomic mass is 32.1. The number of hydrogen-bond donors (Lipinski definition) is 2. The molecule has 0 saturated heterocycles. The molecule has 1 aliphatic heterocycles. The maximum absolute atomic E-state index is 12.6. The fraction of sp³-hybridized carbons (Fsp3) is 0.542. The Hall–Kier alpha value is -2.52. The Kier molecular flexibility index (Phi) is 7.14. The van der Waals surface area contributed by atoms with E-state index in [1.165, 1.54) is 6.20 Å². The molecular formula is C24H32N2O6S. The Morgan fingerprint density at radius 3 is 2.55 bits per heavy atom. The topological polar surface area (TPSA) is 111 Å². The third-order valence-electron chi connectivity index (χ3n) is 6.22. The van der Waals surface area contributed by atoms with Crippen LogP contribution in [0.25, 0.3) is 11.4 Å². The van der Waals surface area contributed by atoms with Crippen LogP contribution < -0.4 is 10.2 Å². The Labute approximate surface area is 200 Å². The largest absolute Gasteiger partial charge is 0.503 e. The van der Waals surface area contributed by atoms with Crippen molar-refractivity contribution in [2.75, 3.05) is 20.3 Å². The number of aromatic nitrogens is 2. The second-order valence-corrected chi connectivity index (χ2v) is 9.72. The molecule has 1 saturated carbocycles. The number of aromatic hydroxyl groups is 1. The van der Waals surface area contributed by atoms with Crippen molar-refractivity contribution in [3.8, 4) is 22.9 Å². The predicted molar refractivity (Wildman–Crippen MR) is 129 cm³/mol. The van der Waals surface area contributed by atoms with Gasteiger partial charge in [-0.05, 0) is 36.3 Å². The van der Waals surface area contributed by atoms with Gasteiger partial charge in [0, 0.05) is 38.3 Å². The van der Waals surface area contributed by atoms with Crippen molar-refractivity contribution in [3.63, 3.8) is 0 Å². The Balaban J connectivity index is 0.00000306. The Morgan fingerprint density at radius 2 is 1.97 bits per heavy atom. The first kappa shape index (κ1) is 25.1. The highest BCUT2D eigenvalue weighted by Gasteiger charge is 2.38. The zero-order valence-corrected chi connectivity index (χ0v) is 20.5. The summed E-state index contributed by atoms with van der Waals surface area (Å²) in [7, 11) is 1.66. The lowest BCUT2D eigenvalue weighted by Crippen LogP contribution is -2.33. The molecule has 8 nitrogen and oxygen atoms in total. The van der Waals surface area contributed by atoms with Crippen molar-refractivity contribution >= 4 is 19.5 Å². The van der Waals surface area contributed by atoms with Crippen LogP contribution in [-0.4, -0.2) is 46.1 Å².